The van der Waals surface area contributed by atoms with Crippen LogP contribution < -0.4 is 14.8 Å². The molecule has 0 radical (unpaired) electrons. The Hall–Kier alpha value is -2.31. The van der Waals surface area contributed by atoms with E-state index < -0.39 is 5.82 Å². The number of nitrogens with one attached hydrogen (secondary N) is 1. The number of carbonyl (C=O) groups is 1. The Bertz CT molecular complexity index is 697. The van der Waals surface area contributed by atoms with Crippen LogP contribution in [0.5, 0.6) is 11.5 Å². The van der Waals surface area contributed by atoms with Gasteiger partial charge in [-0.1, -0.05) is 23.7 Å². The second-order valence-electron chi connectivity index (χ2n) is 5.67. The van der Waals surface area contributed by atoms with Gasteiger partial charge in [-0.15, -0.1) is 0 Å². The molecule has 0 bridgehead atoms. The van der Waals surface area contributed by atoms with Crippen LogP contribution in [0.3, 0.4) is 0 Å². The smallest absolute Gasteiger partial charge is 0.234 e. The molecule has 2 aromatic rings. The summed E-state index contributed by atoms with van der Waals surface area (Å²) in [6.07, 6.45) is 0. The third kappa shape index (κ3) is 7.29. The maximum absolute atomic E-state index is 13.4. The van der Waals surface area contributed by atoms with Crippen molar-refractivity contribution in [1.29, 1.82) is 0 Å². The van der Waals surface area contributed by atoms with E-state index in [2.05, 4.69) is 5.32 Å². The maximum Gasteiger partial charge on any atom is 0.234 e. The van der Waals surface area contributed by atoms with Crippen LogP contribution in [0.4, 0.5) is 4.39 Å². The molecule has 0 aliphatic carbocycles. The maximum atomic E-state index is 13.4. The summed E-state index contributed by atoms with van der Waals surface area (Å²) < 4.78 is 24.3. The Morgan fingerprint density at radius 3 is 2.58 bits per heavy atom. The largest absolute Gasteiger partial charge is 0.492 e. The van der Waals surface area contributed by atoms with Gasteiger partial charge in [0.15, 0.2) is 11.6 Å². The van der Waals surface area contributed by atoms with Gasteiger partial charge < -0.3 is 14.8 Å². The van der Waals surface area contributed by atoms with Crippen molar-refractivity contribution < 1.29 is 18.7 Å². The number of para-hydroxylation sites is 1. The van der Waals surface area contributed by atoms with Crippen molar-refractivity contribution in [2.75, 3.05) is 39.9 Å². The third-order valence-corrected chi connectivity index (χ3v) is 3.74. The number of likely N-dealkylation sites (N-methyl/N-ethyl adjacent to an activating group) is 1. The molecule has 0 fully saturated rings. The highest BCUT2D eigenvalue weighted by Crippen LogP contribution is 2.15. The fourth-order valence-electron chi connectivity index (χ4n) is 2.14. The molecule has 0 spiro atoms. The fourth-order valence-corrected chi connectivity index (χ4v) is 2.27. The van der Waals surface area contributed by atoms with E-state index in [1.807, 2.05) is 0 Å². The normalized spacial score (nSPS) is 10.6. The SMILES string of the molecule is CN(CCOc1ccccc1F)CC(=O)NCCOc1ccc(Cl)cc1. The average molecular weight is 381 g/mol. The van der Waals surface area contributed by atoms with Gasteiger partial charge in [-0.25, -0.2) is 4.39 Å². The van der Waals surface area contributed by atoms with Crippen molar-refractivity contribution >= 4 is 17.5 Å². The van der Waals surface area contributed by atoms with Crippen LogP contribution >= 0.6 is 11.6 Å². The number of halogens is 2. The van der Waals surface area contributed by atoms with Crippen LogP contribution in [-0.2, 0) is 4.79 Å². The van der Waals surface area contributed by atoms with Gasteiger partial charge in [0.1, 0.15) is 19.0 Å². The van der Waals surface area contributed by atoms with Gasteiger partial charge >= 0.3 is 0 Å². The second-order valence-corrected chi connectivity index (χ2v) is 6.11. The highest BCUT2D eigenvalue weighted by Gasteiger charge is 2.07. The summed E-state index contributed by atoms with van der Waals surface area (Å²) in [5, 5.41) is 3.43. The highest BCUT2D eigenvalue weighted by atomic mass is 35.5. The van der Waals surface area contributed by atoms with Gasteiger partial charge in [-0.05, 0) is 43.4 Å². The van der Waals surface area contributed by atoms with Crippen LogP contribution in [0.1, 0.15) is 0 Å². The van der Waals surface area contributed by atoms with Crippen LogP contribution in [0.25, 0.3) is 0 Å². The topological polar surface area (TPSA) is 50.8 Å². The lowest BCUT2D eigenvalue weighted by molar-refractivity contribution is -0.122. The van der Waals surface area contributed by atoms with Gasteiger partial charge in [-0.2, -0.15) is 0 Å². The Kier molecular flexibility index (Phi) is 8.18. The summed E-state index contributed by atoms with van der Waals surface area (Å²) in [6.45, 7) is 1.80. The zero-order valence-corrected chi connectivity index (χ0v) is 15.3. The standard InChI is InChI=1S/C19H22ClFN2O3/c1-23(11-13-26-18-5-3-2-4-17(18)21)14-19(24)22-10-12-25-16-8-6-15(20)7-9-16/h2-9H,10-14H2,1H3,(H,22,24). The van der Waals surface area contributed by atoms with Gasteiger partial charge in [-0.3, -0.25) is 9.69 Å². The lowest BCUT2D eigenvalue weighted by Crippen LogP contribution is -2.38. The predicted molar refractivity (Wildman–Crippen MR) is 99.3 cm³/mol. The summed E-state index contributed by atoms with van der Waals surface area (Å²) in [5.41, 5.74) is 0. The number of hydrogen-bond donors (Lipinski definition) is 1. The number of carbonyl (C=O) groups excluding carboxylic acids is 1. The summed E-state index contributed by atoms with van der Waals surface area (Å²) in [5.74, 6) is 0.405. The van der Waals surface area contributed by atoms with E-state index in [-0.39, 0.29) is 18.2 Å². The highest BCUT2D eigenvalue weighted by molar-refractivity contribution is 6.30. The minimum Gasteiger partial charge on any atom is -0.492 e. The molecule has 0 unspecified atom stereocenters. The monoisotopic (exact) mass is 380 g/mol. The number of rotatable bonds is 10. The summed E-state index contributed by atoms with van der Waals surface area (Å²) in [7, 11) is 1.80. The first-order valence-electron chi connectivity index (χ1n) is 8.25. The fraction of sp³-hybridized carbons (Fsp3) is 0.316. The molecule has 1 N–H and O–H groups in total. The van der Waals surface area contributed by atoms with Crippen molar-refractivity contribution in [3.8, 4) is 11.5 Å². The molecule has 140 valence electrons. The van der Waals surface area contributed by atoms with Crippen LogP contribution in [0.2, 0.25) is 5.02 Å². The van der Waals surface area contributed by atoms with Gasteiger partial charge in [0.25, 0.3) is 0 Å². The van der Waals surface area contributed by atoms with E-state index in [0.29, 0.717) is 37.1 Å². The number of nitrogens with zero attached hydrogens (tertiary/aromatic N) is 1. The van der Waals surface area contributed by atoms with E-state index in [1.165, 1.54) is 6.07 Å². The van der Waals surface area contributed by atoms with Crippen molar-refractivity contribution in [3.05, 3.63) is 59.4 Å². The number of ether oxygens (including phenoxy) is 2. The van der Waals surface area contributed by atoms with Crippen LogP contribution in [-0.4, -0.2) is 50.7 Å². The molecular weight excluding hydrogens is 359 g/mol. The molecule has 0 saturated carbocycles. The molecule has 2 rings (SSSR count). The number of benzene rings is 2. The van der Waals surface area contributed by atoms with Crippen LogP contribution in [0, 0.1) is 5.82 Å². The molecule has 0 heterocycles. The van der Waals surface area contributed by atoms with Gasteiger partial charge in [0.2, 0.25) is 5.91 Å². The molecule has 1 amide bonds. The quantitative estimate of drug-likeness (QED) is 0.644. The van der Waals surface area contributed by atoms with Gasteiger partial charge in [0, 0.05) is 11.6 Å². The lowest BCUT2D eigenvalue weighted by Gasteiger charge is -2.17. The van der Waals surface area contributed by atoms with Crippen LogP contribution in [0.15, 0.2) is 48.5 Å². The van der Waals surface area contributed by atoms with Crippen molar-refractivity contribution in [2.45, 2.75) is 0 Å². The van der Waals surface area contributed by atoms with E-state index in [1.54, 1.807) is 54.4 Å². The van der Waals surface area contributed by atoms with Crippen molar-refractivity contribution in [2.24, 2.45) is 0 Å². The molecule has 0 aromatic heterocycles. The van der Waals surface area contributed by atoms with Crippen molar-refractivity contribution in [1.82, 2.24) is 10.2 Å². The predicted octanol–water partition coefficient (Wildman–Crippen LogP) is 2.98. The van der Waals surface area contributed by atoms with E-state index in [9.17, 15) is 9.18 Å². The summed E-state index contributed by atoms with van der Waals surface area (Å²) in [6, 6.07) is 13.3. The first-order chi connectivity index (χ1) is 12.5. The Morgan fingerprint density at radius 2 is 1.85 bits per heavy atom. The molecule has 0 saturated heterocycles. The van der Waals surface area contributed by atoms with E-state index in [0.717, 1.165) is 0 Å². The average Bonchev–Trinajstić information content (AvgIpc) is 2.62. The molecule has 0 aliphatic heterocycles. The molecule has 7 heteroatoms. The molecule has 0 atom stereocenters. The molecule has 0 aliphatic rings. The zero-order chi connectivity index (χ0) is 18.8. The summed E-state index contributed by atoms with van der Waals surface area (Å²) >= 11 is 5.80. The Balaban J connectivity index is 1.57. The minimum absolute atomic E-state index is 0.113. The first kappa shape index (κ1) is 20.0. The molecule has 26 heavy (non-hydrogen) atoms. The molecular formula is C19H22ClFN2O3. The first-order valence-corrected chi connectivity index (χ1v) is 8.63. The summed E-state index contributed by atoms with van der Waals surface area (Å²) in [4.78, 5) is 13.7. The molecule has 2 aromatic carbocycles. The van der Waals surface area contributed by atoms with E-state index >= 15 is 0 Å². The molecule has 5 nitrogen and oxygen atoms in total. The Morgan fingerprint density at radius 1 is 1.12 bits per heavy atom. The number of hydrogen-bond acceptors (Lipinski definition) is 4. The minimum atomic E-state index is -0.395. The van der Waals surface area contributed by atoms with E-state index in [4.69, 9.17) is 21.1 Å². The van der Waals surface area contributed by atoms with Gasteiger partial charge in [0.05, 0.1) is 13.1 Å². The Labute approximate surface area is 157 Å². The third-order valence-electron chi connectivity index (χ3n) is 3.49. The van der Waals surface area contributed by atoms with Crippen molar-refractivity contribution in [3.63, 3.8) is 0 Å². The second kappa shape index (κ2) is 10.6. The zero-order valence-electron chi connectivity index (χ0n) is 14.6. The lowest BCUT2D eigenvalue weighted by atomic mass is 10.3. The number of amides is 1.